The van der Waals surface area contributed by atoms with Crippen LogP contribution in [-0.4, -0.2) is 37.2 Å². The molecule has 1 amide bonds. The summed E-state index contributed by atoms with van der Waals surface area (Å²) in [6.07, 6.45) is 9.62. The van der Waals surface area contributed by atoms with Gasteiger partial charge < -0.3 is 20.2 Å². The number of amides is 1. The Labute approximate surface area is 210 Å². The Morgan fingerprint density at radius 3 is 2.81 bits per heavy atom. The fourth-order valence-electron chi connectivity index (χ4n) is 5.96. The first-order valence-electron chi connectivity index (χ1n) is 13.0. The topological polar surface area (TPSA) is 101 Å². The number of rotatable bonds is 8. The molecule has 8 nitrogen and oxygen atoms in total. The van der Waals surface area contributed by atoms with Gasteiger partial charge in [0.15, 0.2) is 0 Å². The number of aryl methyl sites for hydroxylation is 1. The summed E-state index contributed by atoms with van der Waals surface area (Å²) in [6, 6.07) is 12.0. The Balaban J connectivity index is 1.23. The molecular weight excluding hydrogens is 450 g/mol. The van der Waals surface area contributed by atoms with E-state index in [4.69, 9.17) is 0 Å². The van der Waals surface area contributed by atoms with E-state index in [1.807, 2.05) is 42.1 Å². The average molecular weight is 484 g/mol. The zero-order valence-electron chi connectivity index (χ0n) is 20.9. The molecule has 2 aliphatic carbocycles. The summed E-state index contributed by atoms with van der Waals surface area (Å²) >= 11 is 0. The molecular formula is C28H33N7O. The number of hydrogen-bond donors (Lipinski definition) is 3. The lowest BCUT2D eigenvalue weighted by molar-refractivity contribution is 0.102. The molecule has 186 valence electrons. The Morgan fingerprint density at radius 2 is 2.08 bits per heavy atom. The Hall–Kier alpha value is -3.52. The fourth-order valence-corrected chi connectivity index (χ4v) is 5.96. The van der Waals surface area contributed by atoms with Gasteiger partial charge >= 0.3 is 0 Å². The molecule has 0 unspecified atom stereocenters. The quantitative estimate of drug-likeness (QED) is 0.341. The lowest BCUT2D eigenvalue weighted by atomic mass is 9.58. The van der Waals surface area contributed by atoms with Gasteiger partial charge in [-0.2, -0.15) is 0 Å². The van der Waals surface area contributed by atoms with Crippen LogP contribution in [0.5, 0.6) is 0 Å². The highest BCUT2D eigenvalue weighted by atomic mass is 16.1. The van der Waals surface area contributed by atoms with E-state index in [1.165, 1.54) is 19.3 Å². The monoisotopic (exact) mass is 483 g/mol. The van der Waals surface area contributed by atoms with Crippen LogP contribution >= 0.6 is 0 Å². The molecule has 2 fully saturated rings. The van der Waals surface area contributed by atoms with Crippen LogP contribution in [-0.2, 0) is 19.0 Å². The summed E-state index contributed by atoms with van der Waals surface area (Å²) in [5, 5.41) is 15.2. The summed E-state index contributed by atoms with van der Waals surface area (Å²) in [4.78, 5) is 21.2. The molecule has 6 rings (SSSR count). The van der Waals surface area contributed by atoms with Crippen molar-refractivity contribution in [2.45, 2.75) is 51.0 Å². The third kappa shape index (κ3) is 4.09. The number of nitrogens with zero attached hydrogens (tertiary/aromatic N) is 4. The van der Waals surface area contributed by atoms with Crippen molar-refractivity contribution in [2.24, 2.45) is 18.9 Å². The molecule has 0 saturated heterocycles. The van der Waals surface area contributed by atoms with E-state index in [0.717, 1.165) is 59.0 Å². The lowest BCUT2D eigenvalue weighted by Gasteiger charge is -2.46. The highest BCUT2D eigenvalue weighted by Crippen LogP contribution is 2.51. The van der Waals surface area contributed by atoms with Gasteiger partial charge in [0.05, 0.1) is 16.4 Å². The van der Waals surface area contributed by atoms with Gasteiger partial charge in [0.2, 0.25) is 0 Å². The number of aromatic nitrogens is 5. The molecule has 3 N–H and O–H groups in total. The van der Waals surface area contributed by atoms with Gasteiger partial charge in [0, 0.05) is 25.5 Å². The van der Waals surface area contributed by atoms with Crippen molar-refractivity contribution in [2.75, 3.05) is 11.9 Å². The molecule has 2 aliphatic rings. The van der Waals surface area contributed by atoms with E-state index >= 15 is 0 Å². The Morgan fingerprint density at radius 1 is 1.22 bits per heavy atom. The first-order chi connectivity index (χ1) is 17.5. The van der Waals surface area contributed by atoms with Gasteiger partial charge in [0.25, 0.3) is 5.91 Å². The van der Waals surface area contributed by atoms with Crippen molar-refractivity contribution in [3.63, 3.8) is 0 Å². The molecule has 2 saturated carbocycles. The lowest BCUT2D eigenvalue weighted by Crippen LogP contribution is -2.43. The molecule has 0 atom stereocenters. The molecule has 0 bridgehead atoms. The number of benzene rings is 1. The van der Waals surface area contributed by atoms with Crippen molar-refractivity contribution in [3.8, 4) is 0 Å². The fraction of sp³-hybridized carbons (Fsp3) is 0.429. The number of nitrogens with one attached hydrogen (secondary N) is 3. The van der Waals surface area contributed by atoms with Crippen LogP contribution in [0.15, 0.2) is 48.9 Å². The molecule has 0 spiro atoms. The number of aromatic amines is 1. The molecule has 8 heteroatoms. The summed E-state index contributed by atoms with van der Waals surface area (Å²) in [5.41, 5.74) is 5.03. The van der Waals surface area contributed by atoms with Crippen LogP contribution in [0.25, 0.3) is 11.0 Å². The number of anilines is 1. The van der Waals surface area contributed by atoms with Crippen molar-refractivity contribution >= 4 is 22.6 Å². The predicted octanol–water partition coefficient (Wildman–Crippen LogP) is 4.55. The van der Waals surface area contributed by atoms with E-state index in [0.29, 0.717) is 18.2 Å². The highest BCUT2D eigenvalue weighted by molar-refractivity contribution is 6.04. The minimum Gasteiger partial charge on any atom is -0.360 e. The van der Waals surface area contributed by atoms with E-state index in [9.17, 15) is 4.79 Å². The highest BCUT2D eigenvalue weighted by Gasteiger charge is 2.48. The zero-order valence-corrected chi connectivity index (χ0v) is 20.9. The molecule has 36 heavy (non-hydrogen) atoms. The number of pyridine rings is 1. The van der Waals surface area contributed by atoms with Crippen LogP contribution in [0, 0.1) is 11.8 Å². The predicted molar refractivity (Wildman–Crippen MR) is 140 cm³/mol. The van der Waals surface area contributed by atoms with Crippen molar-refractivity contribution in [3.05, 3.63) is 71.6 Å². The second-order valence-electron chi connectivity index (χ2n) is 10.7. The second kappa shape index (κ2) is 9.17. The molecule has 3 heterocycles. The summed E-state index contributed by atoms with van der Waals surface area (Å²) < 4.78 is 2.01. The number of fused-ring (bicyclic) bond motifs is 1. The normalized spacial score (nSPS) is 21.8. The van der Waals surface area contributed by atoms with Crippen LogP contribution in [0.3, 0.4) is 0 Å². The molecule has 3 aromatic heterocycles. The minimum absolute atomic E-state index is 0.174. The van der Waals surface area contributed by atoms with Crippen LogP contribution in [0.2, 0.25) is 0 Å². The van der Waals surface area contributed by atoms with E-state index in [1.54, 1.807) is 6.33 Å². The van der Waals surface area contributed by atoms with Gasteiger partial charge in [-0.05, 0) is 79.5 Å². The van der Waals surface area contributed by atoms with Crippen LogP contribution < -0.4 is 10.6 Å². The first kappa shape index (κ1) is 22.9. The molecule has 1 aromatic carbocycles. The molecule has 0 aliphatic heterocycles. The molecule has 0 radical (unpaired) electrons. The van der Waals surface area contributed by atoms with Gasteiger partial charge in [-0.15, -0.1) is 10.2 Å². The maximum atomic E-state index is 13.3. The average Bonchev–Trinajstić information content (AvgIpc) is 3.47. The van der Waals surface area contributed by atoms with Crippen molar-refractivity contribution in [1.82, 2.24) is 30.0 Å². The summed E-state index contributed by atoms with van der Waals surface area (Å²) in [6.45, 7) is 4.00. The first-order valence-corrected chi connectivity index (χ1v) is 13.0. The summed E-state index contributed by atoms with van der Waals surface area (Å²) in [5.74, 6) is 2.17. The van der Waals surface area contributed by atoms with E-state index in [-0.39, 0.29) is 11.3 Å². The third-order valence-electron chi connectivity index (χ3n) is 8.01. The Kier molecular flexibility index (Phi) is 5.84. The number of carbonyl (C=O) groups is 1. The minimum atomic E-state index is -0.204. The van der Waals surface area contributed by atoms with Crippen LogP contribution in [0.1, 0.15) is 66.5 Å². The van der Waals surface area contributed by atoms with E-state index in [2.05, 4.69) is 49.9 Å². The standard InChI is InChI=1S/C28H33N7O/c1-18-13-28(14-18,27-34-31-17-35(27)2)21-7-4-8-22(12-21)32-26(36)24-11-20(16-29-15-19-5-3-6-19)25-23(33-24)9-10-30-25/h4,7-12,17-19,29-30H,3,5-6,13-16H2,1-2H3,(H,32,36). The number of hydrogen-bond acceptors (Lipinski definition) is 5. The third-order valence-corrected chi connectivity index (χ3v) is 8.01. The smallest absolute Gasteiger partial charge is 0.274 e. The van der Waals surface area contributed by atoms with E-state index < -0.39 is 0 Å². The van der Waals surface area contributed by atoms with Crippen molar-refractivity contribution < 1.29 is 4.79 Å². The second-order valence-corrected chi connectivity index (χ2v) is 10.7. The maximum absolute atomic E-state index is 13.3. The molecule has 4 aromatic rings. The Bertz CT molecular complexity index is 1390. The maximum Gasteiger partial charge on any atom is 0.274 e. The number of H-pyrrole nitrogens is 1. The summed E-state index contributed by atoms with van der Waals surface area (Å²) in [7, 11) is 1.99. The SMILES string of the molecule is CC1CC(c2cccc(NC(=O)c3cc(CNCC4CCC4)c4[nH]ccc4n3)c2)(c2nncn2C)C1. The van der Waals surface area contributed by atoms with Crippen molar-refractivity contribution in [1.29, 1.82) is 0 Å². The van der Waals surface area contributed by atoms with Gasteiger partial charge in [-0.3, -0.25) is 4.79 Å². The number of carbonyl (C=O) groups excluding carboxylic acids is 1. The van der Waals surface area contributed by atoms with Gasteiger partial charge in [-0.25, -0.2) is 4.98 Å². The largest absolute Gasteiger partial charge is 0.360 e. The van der Waals surface area contributed by atoms with Gasteiger partial charge in [0.1, 0.15) is 17.8 Å². The van der Waals surface area contributed by atoms with Gasteiger partial charge in [-0.1, -0.05) is 25.5 Å². The zero-order chi connectivity index (χ0) is 24.7. The van der Waals surface area contributed by atoms with Crippen LogP contribution in [0.4, 0.5) is 5.69 Å².